The predicted molar refractivity (Wildman–Crippen MR) is 67.8 cm³/mol. The van der Waals surface area contributed by atoms with Crippen LogP contribution in [0, 0.1) is 5.92 Å². The van der Waals surface area contributed by atoms with Crippen molar-refractivity contribution in [1.82, 2.24) is 4.90 Å². The van der Waals surface area contributed by atoms with Gasteiger partial charge in [0.25, 0.3) is 0 Å². The topological polar surface area (TPSA) is 49.8 Å². The van der Waals surface area contributed by atoms with Gasteiger partial charge in [0.2, 0.25) is 0 Å². The highest BCUT2D eigenvalue weighted by molar-refractivity contribution is 5.54. The lowest BCUT2D eigenvalue weighted by atomic mass is 9.95. The van der Waals surface area contributed by atoms with Crippen LogP contribution in [0.5, 0.6) is 0 Å². The molecule has 4 nitrogen and oxygen atoms in total. The number of aliphatic hydroxyl groups is 1. The van der Waals surface area contributed by atoms with Crippen LogP contribution in [0.15, 0.2) is 30.3 Å². The first-order chi connectivity index (χ1) is 8.74. The number of benzene rings is 1. The molecule has 0 saturated carbocycles. The van der Waals surface area contributed by atoms with Crippen molar-refractivity contribution in [2.24, 2.45) is 5.92 Å². The maximum Gasteiger partial charge on any atom is 0.134 e. The summed E-state index contributed by atoms with van der Waals surface area (Å²) < 4.78 is 5.25. The molecule has 1 saturated heterocycles. The Morgan fingerprint density at radius 3 is 2.78 bits per heavy atom. The fourth-order valence-corrected chi connectivity index (χ4v) is 2.43. The number of hydrogen-bond donors (Lipinski definition) is 1. The molecule has 1 aromatic rings. The van der Waals surface area contributed by atoms with Crippen molar-refractivity contribution in [2.45, 2.75) is 25.3 Å². The number of likely N-dealkylation sites (tertiary alicyclic amines) is 1. The fourth-order valence-electron chi connectivity index (χ4n) is 2.43. The van der Waals surface area contributed by atoms with Crippen molar-refractivity contribution in [3.8, 4) is 0 Å². The zero-order valence-electron chi connectivity index (χ0n) is 10.5. The summed E-state index contributed by atoms with van der Waals surface area (Å²) in [5, 5.41) is 10.2. The monoisotopic (exact) mass is 249 g/mol. The SMILES string of the molecule is COC1CC(C=O)CN(Cc2ccccc2)C1O. The van der Waals surface area contributed by atoms with E-state index in [4.69, 9.17) is 4.74 Å². The molecule has 1 aliphatic rings. The molecule has 18 heavy (non-hydrogen) atoms. The van der Waals surface area contributed by atoms with Gasteiger partial charge in [0.15, 0.2) is 0 Å². The average Bonchev–Trinajstić information content (AvgIpc) is 2.42. The minimum Gasteiger partial charge on any atom is -0.377 e. The summed E-state index contributed by atoms with van der Waals surface area (Å²) in [6, 6.07) is 9.92. The molecule has 0 bridgehead atoms. The molecule has 98 valence electrons. The number of aliphatic hydroxyl groups excluding tert-OH is 1. The van der Waals surface area contributed by atoms with E-state index in [1.165, 1.54) is 0 Å². The largest absolute Gasteiger partial charge is 0.377 e. The summed E-state index contributed by atoms with van der Waals surface area (Å²) in [6.45, 7) is 1.21. The first kappa shape index (κ1) is 13.2. The lowest BCUT2D eigenvalue weighted by molar-refractivity contribution is -0.145. The summed E-state index contributed by atoms with van der Waals surface area (Å²) >= 11 is 0. The minimum absolute atomic E-state index is 0.0675. The predicted octanol–water partition coefficient (Wildman–Crippen LogP) is 1.04. The molecule has 3 atom stereocenters. The van der Waals surface area contributed by atoms with Gasteiger partial charge in [-0.2, -0.15) is 0 Å². The third kappa shape index (κ3) is 2.96. The number of methoxy groups -OCH3 is 1. The first-order valence-electron chi connectivity index (χ1n) is 6.18. The Labute approximate surface area is 107 Å². The van der Waals surface area contributed by atoms with E-state index in [2.05, 4.69) is 0 Å². The van der Waals surface area contributed by atoms with Gasteiger partial charge in [-0.25, -0.2) is 0 Å². The Bertz CT molecular complexity index is 382. The lowest BCUT2D eigenvalue weighted by Crippen LogP contribution is -2.52. The number of carbonyl (C=O) groups excluding carboxylic acids is 1. The highest BCUT2D eigenvalue weighted by Crippen LogP contribution is 2.23. The van der Waals surface area contributed by atoms with Gasteiger partial charge in [-0.1, -0.05) is 30.3 Å². The van der Waals surface area contributed by atoms with Gasteiger partial charge < -0.3 is 14.6 Å². The zero-order chi connectivity index (χ0) is 13.0. The Morgan fingerprint density at radius 2 is 2.17 bits per heavy atom. The van der Waals surface area contributed by atoms with Gasteiger partial charge in [0.05, 0.1) is 6.10 Å². The molecule has 1 heterocycles. The van der Waals surface area contributed by atoms with Crippen LogP contribution < -0.4 is 0 Å². The van der Waals surface area contributed by atoms with Gasteiger partial charge in [0.1, 0.15) is 12.5 Å². The second-order valence-corrected chi connectivity index (χ2v) is 4.73. The summed E-state index contributed by atoms with van der Waals surface area (Å²) in [5.74, 6) is -0.0675. The average molecular weight is 249 g/mol. The summed E-state index contributed by atoms with van der Waals surface area (Å²) in [4.78, 5) is 12.9. The van der Waals surface area contributed by atoms with Crippen molar-refractivity contribution < 1.29 is 14.6 Å². The molecule has 0 spiro atoms. The van der Waals surface area contributed by atoms with E-state index in [9.17, 15) is 9.90 Å². The van der Waals surface area contributed by atoms with E-state index < -0.39 is 6.23 Å². The number of nitrogens with zero attached hydrogens (tertiary/aromatic N) is 1. The van der Waals surface area contributed by atoms with Gasteiger partial charge in [-0.3, -0.25) is 4.90 Å². The van der Waals surface area contributed by atoms with Crippen LogP contribution in [0.4, 0.5) is 0 Å². The molecule has 1 aliphatic heterocycles. The molecular weight excluding hydrogens is 230 g/mol. The third-order valence-corrected chi connectivity index (χ3v) is 3.43. The van der Waals surface area contributed by atoms with E-state index in [0.29, 0.717) is 19.5 Å². The standard InChI is InChI=1S/C14H19NO3/c1-18-13-7-12(10-16)9-15(14(13)17)8-11-5-3-2-4-6-11/h2-6,10,12-14,17H,7-9H2,1H3. The summed E-state index contributed by atoms with van der Waals surface area (Å²) in [7, 11) is 1.57. The molecule has 1 aromatic carbocycles. The van der Waals surface area contributed by atoms with Gasteiger partial charge in [0, 0.05) is 26.1 Å². The number of ether oxygens (including phenoxy) is 1. The minimum atomic E-state index is -0.647. The maximum atomic E-state index is 11.0. The van der Waals surface area contributed by atoms with Crippen LogP contribution in [0.3, 0.4) is 0 Å². The molecular formula is C14H19NO3. The number of rotatable bonds is 4. The Morgan fingerprint density at radius 1 is 1.44 bits per heavy atom. The second-order valence-electron chi connectivity index (χ2n) is 4.73. The Balaban J connectivity index is 2.07. The van der Waals surface area contributed by atoms with E-state index in [0.717, 1.165) is 11.8 Å². The van der Waals surface area contributed by atoms with Crippen LogP contribution in [0.25, 0.3) is 0 Å². The number of piperidine rings is 1. The van der Waals surface area contributed by atoms with Crippen LogP contribution in [0.2, 0.25) is 0 Å². The van der Waals surface area contributed by atoms with E-state index in [1.54, 1.807) is 7.11 Å². The number of aldehydes is 1. The number of hydrogen-bond acceptors (Lipinski definition) is 4. The van der Waals surface area contributed by atoms with Gasteiger partial charge in [-0.15, -0.1) is 0 Å². The highest BCUT2D eigenvalue weighted by Gasteiger charge is 2.34. The number of carbonyl (C=O) groups is 1. The van der Waals surface area contributed by atoms with Crippen molar-refractivity contribution in [3.05, 3.63) is 35.9 Å². The molecule has 0 aliphatic carbocycles. The van der Waals surface area contributed by atoms with E-state index >= 15 is 0 Å². The Kier molecular flexibility index (Phi) is 4.47. The Hall–Kier alpha value is -1.23. The van der Waals surface area contributed by atoms with Crippen LogP contribution in [-0.2, 0) is 16.1 Å². The highest BCUT2D eigenvalue weighted by atomic mass is 16.5. The van der Waals surface area contributed by atoms with Gasteiger partial charge in [-0.05, 0) is 12.0 Å². The summed E-state index contributed by atoms with van der Waals surface area (Å²) in [6.07, 6.45) is 0.603. The fraction of sp³-hybridized carbons (Fsp3) is 0.500. The van der Waals surface area contributed by atoms with Crippen LogP contribution in [0.1, 0.15) is 12.0 Å². The summed E-state index contributed by atoms with van der Waals surface area (Å²) in [5.41, 5.74) is 1.12. The normalized spacial score (nSPS) is 29.1. The van der Waals surface area contributed by atoms with Crippen molar-refractivity contribution >= 4 is 6.29 Å². The zero-order valence-corrected chi connectivity index (χ0v) is 10.5. The lowest BCUT2D eigenvalue weighted by Gasteiger charge is -2.39. The maximum absolute atomic E-state index is 11.0. The van der Waals surface area contributed by atoms with Crippen molar-refractivity contribution in [3.63, 3.8) is 0 Å². The smallest absolute Gasteiger partial charge is 0.134 e. The molecule has 0 radical (unpaired) electrons. The molecule has 0 aromatic heterocycles. The van der Waals surface area contributed by atoms with E-state index in [-0.39, 0.29) is 12.0 Å². The molecule has 0 amide bonds. The van der Waals surface area contributed by atoms with E-state index in [1.807, 2.05) is 35.2 Å². The quantitative estimate of drug-likeness (QED) is 0.810. The van der Waals surface area contributed by atoms with Crippen LogP contribution in [-0.4, -0.2) is 42.3 Å². The van der Waals surface area contributed by atoms with Crippen molar-refractivity contribution in [1.29, 1.82) is 0 Å². The third-order valence-electron chi connectivity index (χ3n) is 3.43. The molecule has 4 heteroatoms. The molecule has 2 rings (SSSR count). The first-order valence-corrected chi connectivity index (χ1v) is 6.18. The molecule has 1 N–H and O–H groups in total. The second kappa shape index (κ2) is 6.09. The molecule has 3 unspecified atom stereocenters. The van der Waals surface area contributed by atoms with Gasteiger partial charge >= 0.3 is 0 Å². The molecule has 1 fully saturated rings. The van der Waals surface area contributed by atoms with Crippen LogP contribution >= 0.6 is 0 Å². The van der Waals surface area contributed by atoms with Crippen molar-refractivity contribution in [2.75, 3.05) is 13.7 Å².